The average Bonchev–Trinajstić information content (AvgIpc) is 2.49. The molecule has 6 heteroatoms. The van der Waals surface area contributed by atoms with E-state index in [1.54, 1.807) is 12.3 Å². The van der Waals surface area contributed by atoms with Crippen LogP contribution in [0.25, 0.3) is 0 Å². The predicted octanol–water partition coefficient (Wildman–Crippen LogP) is 1.51. The van der Waals surface area contributed by atoms with Gasteiger partial charge in [-0.2, -0.15) is 4.98 Å². The van der Waals surface area contributed by atoms with Crippen molar-refractivity contribution >= 4 is 11.8 Å². The third kappa shape index (κ3) is 3.83. The van der Waals surface area contributed by atoms with Crippen LogP contribution < -0.4 is 11.1 Å². The van der Waals surface area contributed by atoms with Crippen molar-refractivity contribution in [3.8, 4) is 0 Å². The molecule has 1 aliphatic carbocycles. The van der Waals surface area contributed by atoms with Gasteiger partial charge in [-0.05, 0) is 18.9 Å². The zero-order valence-corrected chi connectivity index (χ0v) is 12.6. The number of nitrogen functional groups attached to an aromatic ring is 1. The highest BCUT2D eigenvalue weighted by atomic mass is 16.5. The number of nitrogens with two attached hydrogens (primary N) is 1. The quantitative estimate of drug-likeness (QED) is 0.875. The highest BCUT2D eigenvalue weighted by Crippen LogP contribution is 2.32. The number of aromatic nitrogens is 2. The molecule has 21 heavy (non-hydrogen) atoms. The molecule has 2 heterocycles. The lowest BCUT2D eigenvalue weighted by Gasteiger charge is -2.42. The van der Waals surface area contributed by atoms with Gasteiger partial charge >= 0.3 is 0 Å². The number of morpholine rings is 1. The van der Waals surface area contributed by atoms with E-state index < -0.39 is 0 Å². The molecule has 1 aromatic heterocycles. The average molecular weight is 291 g/mol. The Hall–Kier alpha value is -1.40. The van der Waals surface area contributed by atoms with E-state index in [9.17, 15) is 0 Å². The lowest BCUT2D eigenvalue weighted by molar-refractivity contribution is 0.0259. The molecule has 2 fully saturated rings. The van der Waals surface area contributed by atoms with Crippen molar-refractivity contribution in [2.45, 2.75) is 37.6 Å². The van der Waals surface area contributed by atoms with Gasteiger partial charge in [-0.3, -0.25) is 4.90 Å². The van der Waals surface area contributed by atoms with Crippen molar-refractivity contribution in [3.05, 3.63) is 12.3 Å². The second-order valence-electron chi connectivity index (χ2n) is 6.16. The van der Waals surface area contributed by atoms with Crippen LogP contribution in [0.2, 0.25) is 0 Å². The highest BCUT2D eigenvalue weighted by molar-refractivity contribution is 5.37. The Morgan fingerprint density at radius 1 is 1.24 bits per heavy atom. The number of hydrogen-bond acceptors (Lipinski definition) is 6. The van der Waals surface area contributed by atoms with Crippen LogP contribution in [0, 0.1) is 0 Å². The van der Waals surface area contributed by atoms with Crippen LogP contribution in [0.1, 0.15) is 32.1 Å². The Labute approximate surface area is 126 Å². The number of ether oxygens (including phenoxy) is 1. The summed E-state index contributed by atoms with van der Waals surface area (Å²) in [5.74, 6) is 1.18. The molecule has 0 radical (unpaired) electrons. The van der Waals surface area contributed by atoms with Crippen LogP contribution in [0.4, 0.5) is 11.8 Å². The summed E-state index contributed by atoms with van der Waals surface area (Å²) in [5.41, 5.74) is 5.85. The third-order valence-electron chi connectivity index (χ3n) is 4.49. The van der Waals surface area contributed by atoms with Crippen LogP contribution in [-0.2, 0) is 4.74 Å². The van der Waals surface area contributed by atoms with E-state index in [4.69, 9.17) is 10.5 Å². The molecule has 0 aromatic carbocycles. The van der Waals surface area contributed by atoms with Crippen molar-refractivity contribution in [3.63, 3.8) is 0 Å². The van der Waals surface area contributed by atoms with E-state index in [0.717, 1.165) is 32.8 Å². The first-order valence-electron chi connectivity index (χ1n) is 7.93. The number of nitrogens with zero attached hydrogens (tertiary/aromatic N) is 3. The summed E-state index contributed by atoms with van der Waals surface area (Å²) in [5, 5.41) is 3.60. The molecule has 2 aliphatic rings. The van der Waals surface area contributed by atoms with Gasteiger partial charge in [-0.25, -0.2) is 4.98 Å². The standard InChI is InChI=1S/C15H25N5O/c16-13-4-7-17-14(18-13)19-15(5-2-1-3-6-15)12-20-8-10-21-11-9-20/h4,7H,1-3,5-6,8-12H2,(H3,16,17,18,19). The van der Waals surface area contributed by atoms with Gasteiger partial charge in [0, 0.05) is 25.8 Å². The minimum Gasteiger partial charge on any atom is -0.384 e. The van der Waals surface area contributed by atoms with Gasteiger partial charge in [0.2, 0.25) is 5.95 Å². The van der Waals surface area contributed by atoms with Gasteiger partial charge in [0.25, 0.3) is 0 Å². The maximum Gasteiger partial charge on any atom is 0.225 e. The lowest BCUT2D eigenvalue weighted by atomic mass is 9.81. The Bertz CT molecular complexity index is 455. The minimum absolute atomic E-state index is 0.0728. The van der Waals surface area contributed by atoms with Crippen molar-refractivity contribution in [2.75, 3.05) is 43.9 Å². The topological polar surface area (TPSA) is 76.3 Å². The number of hydrogen-bond donors (Lipinski definition) is 2. The van der Waals surface area contributed by atoms with Crippen LogP contribution in [0.3, 0.4) is 0 Å². The summed E-state index contributed by atoms with van der Waals surface area (Å²) in [4.78, 5) is 11.1. The van der Waals surface area contributed by atoms with Crippen LogP contribution in [-0.4, -0.2) is 53.3 Å². The SMILES string of the molecule is Nc1ccnc(NC2(CN3CCOCC3)CCCCC2)n1. The van der Waals surface area contributed by atoms with Gasteiger partial charge in [0.15, 0.2) is 0 Å². The Morgan fingerprint density at radius 2 is 2.00 bits per heavy atom. The highest BCUT2D eigenvalue weighted by Gasteiger charge is 2.35. The van der Waals surface area contributed by atoms with Gasteiger partial charge in [0.1, 0.15) is 5.82 Å². The third-order valence-corrected chi connectivity index (χ3v) is 4.49. The molecule has 0 unspecified atom stereocenters. The number of nitrogens with one attached hydrogen (secondary N) is 1. The maximum absolute atomic E-state index is 5.77. The molecule has 1 saturated carbocycles. The van der Waals surface area contributed by atoms with Crippen LogP contribution in [0.15, 0.2) is 12.3 Å². The van der Waals surface area contributed by atoms with Gasteiger partial charge < -0.3 is 15.8 Å². The summed E-state index contributed by atoms with van der Waals surface area (Å²) in [6, 6.07) is 1.72. The van der Waals surface area contributed by atoms with Crippen molar-refractivity contribution in [2.24, 2.45) is 0 Å². The normalized spacial score (nSPS) is 22.9. The zero-order valence-electron chi connectivity index (χ0n) is 12.6. The zero-order chi connectivity index (χ0) is 14.5. The van der Waals surface area contributed by atoms with Gasteiger partial charge in [0.05, 0.1) is 18.8 Å². The first-order chi connectivity index (χ1) is 10.3. The molecule has 0 amide bonds. The molecule has 1 aliphatic heterocycles. The summed E-state index contributed by atoms with van der Waals surface area (Å²) in [6.45, 7) is 4.74. The first-order valence-corrected chi connectivity index (χ1v) is 7.93. The monoisotopic (exact) mass is 291 g/mol. The molecule has 0 spiro atoms. The molecule has 3 N–H and O–H groups in total. The molecular formula is C15H25N5O. The minimum atomic E-state index is 0.0728. The Kier molecular flexibility index (Phi) is 4.55. The number of anilines is 2. The molecule has 0 bridgehead atoms. The fraction of sp³-hybridized carbons (Fsp3) is 0.733. The predicted molar refractivity (Wildman–Crippen MR) is 83.1 cm³/mol. The number of rotatable bonds is 4. The molecule has 0 atom stereocenters. The molecule has 1 aromatic rings. The summed E-state index contributed by atoms with van der Waals surface area (Å²) >= 11 is 0. The lowest BCUT2D eigenvalue weighted by Crippen LogP contribution is -2.53. The van der Waals surface area contributed by atoms with E-state index in [0.29, 0.717) is 11.8 Å². The fourth-order valence-corrected chi connectivity index (χ4v) is 3.41. The fourth-order valence-electron chi connectivity index (χ4n) is 3.41. The Morgan fingerprint density at radius 3 is 2.71 bits per heavy atom. The van der Waals surface area contributed by atoms with Crippen LogP contribution >= 0.6 is 0 Å². The van der Waals surface area contributed by atoms with E-state index in [-0.39, 0.29) is 5.54 Å². The molecular weight excluding hydrogens is 266 g/mol. The van der Waals surface area contributed by atoms with Crippen molar-refractivity contribution in [1.82, 2.24) is 14.9 Å². The molecule has 6 nitrogen and oxygen atoms in total. The Balaban J connectivity index is 1.72. The van der Waals surface area contributed by atoms with Crippen molar-refractivity contribution in [1.29, 1.82) is 0 Å². The summed E-state index contributed by atoms with van der Waals surface area (Å²) < 4.78 is 5.45. The van der Waals surface area contributed by atoms with Gasteiger partial charge in [-0.15, -0.1) is 0 Å². The van der Waals surface area contributed by atoms with E-state index in [2.05, 4.69) is 20.2 Å². The summed E-state index contributed by atoms with van der Waals surface area (Å²) in [6.07, 6.45) is 7.91. The van der Waals surface area contributed by atoms with E-state index in [1.807, 2.05) is 0 Å². The smallest absolute Gasteiger partial charge is 0.225 e. The van der Waals surface area contributed by atoms with Gasteiger partial charge in [-0.1, -0.05) is 19.3 Å². The van der Waals surface area contributed by atoms with E-state index in [1.165, 1.54) is 32.1 Å². The largest absolute Gasteiger partial charge is 0.384 e. The first kappa shape index (κ1) is 14.5. The summed E-state index contributed by atoms with van der Waals surface area (Å²) in [7, 11) is 0. The second-order valence-corrected chi connectivity index (χ2v) is 6.16. The van der Waals surface area contributed by atoms with E-state index >= 15 is 0 Å². The molecule has 3 rings (SSSR count). The molecule has 1 saturated heterocycles. The molecule has 116 valence electrons. The van der Waals surface area contributed by atoms with Crippen molar-refractivity contribution < 1.29 is 4.74 Å². The second kappa shape index (κ2) is 6.58. The van der Waals surface area contributed by atoms with Crippen LogP contribution in [0.5, 0.6) is 0 Å². The maximum atomic E-state index is 5.77.